The van der Waals surface area contributed by atoms with Crippen molar-refractivity contribution in [3.63, 3.8) is 0 Å². The van der Waals surface area contributed by atoms with Gasteiger partial charge in [-0.25, -0.2) is 4.98 Å². The first-order valence-corrected chi connectivity index (χ1v) is 12.8. The Morgan fingerprint density at radius 1 is 1.21 bits per heavy atom. The quantitative estimate of drug-likeness (QED) is 0.490. The molecule has 1 amide bonds. The minimum absolute atomic E-state index is 0.377. The first-order valence-electron chi connectivity index (χ1n) is 11.8. The number of aromatic nitrogens is 2. The predicted molar refractivity (Wildman–Crippen MR) is 137 cm³/mol. The van der Waals surface area contributed by atoms with Gasteiger partial charge in [0.1, 0.15) is 0 Å². The molecule has 172 valence electrons. The average molecular weight is 462 g/mol. The van der Waals surface area contributed by atoms with Crippen LogP contribution < -0.4 is 5.73 Å². The van der Waals surface area contributed by atoms with Crippen LogP contribution in [0.2, 0.25) is 0 Å². The zero-order valence-electron chi connectivity index (χ0n) is 19.4. The third-order valence-corrected chi connectivity index (χ3v) is 7.80. The zero-order chi connectivity index (χ0) is 22.9. The Morgan fingerprint density at radius 3 is 2.79 bits per heavy atom. The number of rotatable bonds is 7. The van der Waals surface area contributed by atoms with Crippen molar-refractivity contribution in [2.75, 3.05) is 26.4 Å². The number of nitrogens with zero attached hydrogens (tertiary/aromatic N) is 4. The van der Waals surface area contributed by atoms with E-state index >= 15 is 0 Å². The molecule has 0 saturated heterocycles. The standard InChI is InChI=1S/C26H31N5OS/c1-30(2)12-13-33-23-15-20(25-19(10-11-28-25)24(23)26(27)32)17-8-9-22-21(14-17)29-16-31(22)18-6-4-3-5-7-18/h8-9,11,14-16,18H,3-7,10,12-13H2,1-2H3,(H2,27,32). The topological polar surface area (TPSA) is 76.5 Å². The van der Waals surface area contributed by atoms with E-state index in [0.717, 1.165) is 45.1 Å². The fourth-order valence-corrected chi connectivity index (χ4v) is 6.31. The largest absolute Gasteiger partial charge is 0.366 e. The minimum Gasteiger partial charge on any atom is -0.366 e. The molecule has 1 aliphatic heterocycles. The molecule has 1 saturated carbocycles. The van der Waals surface area contributed by atoms with Crippen molar-refractivity contribution in [1.29, 1.82) is 0 Å². The molecule has 6 nitrogen and oxygen atoms in total. The number of carbonyl (C=O) groups excluding carboxylic acids is 1. The molecule has 2 aromatic carbocycles. The predicted octanol–water partition coefficient (Wildman–Crippen LogP) is 5.22. The van der Waals surface area contributed by atoms with Crippen molar-refractivity contribution in [2.24, 2.45) is 10.7 Å². The fraction of sp³-hybridized carbons (Fsp3) is 0.423. The molecule has 2 heterocycles. The number of nitrogens with two attached hydrogens (primary N) is 1. The maximum absolute atomic E-state index is 12.4. The minimum atomic E-state index is -0.377. The smallest absolute Gasteiger partial charge is 0.250 e. The highest BCUT2D eigenvalue weighted by atomic mass is 32.2. The van der Waals surface area contributed by atoms with Gasteiger partial charge in [0, 0.05) is 41.4 Å². The first kappa shape index (κ1) is 22.2. The molecule has 0 radical (unpaired) electrons. The van der Waals surface area contributed by atoms with Crippen LogP contribution in [0.5, 0.6) is 0 Å². The third-order valence-electron chi connectivity index (χ3n) is 6.78. The summed E-state index contributed by atoms with van der Waals surface area (Å²) in [7, 11) is 4.11. The van der Waals surface area contributed by atoms with Crippen molar-refractivity contribution in [3.05, 3.63) is 41.7 Å². The summed E-state index contributed by atoms with van der Waals surface area (Å²) in [6.07, 6.45) is 10.9. The van der Waals surface area contributed by atoms with Gasteiger partial charge in [0.05, 0.1) is 28.6 Å². The van der Waals surface area contributed by atoms with Crippen molar-refractivity contribution < 1.29 is 4.79 Å². The number of hydrogen-bond acceptors (Lipinski definition) is 5. The van der Waals surface area contributed by atoms with Gasteiger partial charge >= 0.3 is 0 Å². The van der Waals surface area contributed by atoms with E-state index in [-0.39, 0.29) is 5.91 Å². The molecule has 0 bridgehead atoms. The maximum Gasteiger partial charge on any atom is 0.250 e. The maximum atomic E-state index is 12.4. The van der Waals surface area contributed by atoms with Crippen molar-refractivity contribution >= 4 is 40.6 Å². The number of benzene rings is 2. The van der Waals surface area contributed by atoms with Gasteiger partial charge < -0.3 is 15.2 Å². The Balaban J connectivity index is 1.56. The number of carbonyl (C=O) groups is 1. The number of hydrogen-bond donors (Lipinski definition) is 1. The lowest BCUT2D eigenvalue weighted by atomic mass is 9.94. The second-order valence-electron chi connectivity index (χ2n) is 9.30. The summed E-state index contributed by atoms with van der Waals surface area (Å²) in [5, 5.41) is 0. The van der Waals surface area contributed by atoms with Gasteiger partial charge in [-0.2, -0.15) is 0 Å². The van der Waals surface area contributed by atoms with Gasteiger partial charge in [0.2, 0.25) is 5.91 Å². The number of imidazole rings is 1. The van der Waals surface area contributed by atoms with Gasteiger partial charge in [-0.3, -0.25) is 9.79 Å². The summed E-state index contributed by atoms with van der Waals surface area (Å²) in [5.74, 6) is 0.509. The van der Waals surface area contributed by atoms with Gasteiger partial charge in [0.15, 0.2) is 0 Å². The number of amides is 1. The summed E-state index contributed by atoms with van der Waals surface area (Å²) in [4.78, 5) is 24.9. The average Bonchev–Trinajstić information content (AvgIpc) is 3.45. The Bertz CT molecular complexity index is 1220. The van der Waals surface area contributed by atoms with Crippen LogP contribution in [-0.2, 0) is 6.42 Å². The van der Waals surface area contributed by atoms with Crippen LogP contribution in [-0.4, -0.2) is 53.0 Å². The first-order chi connectivity index (χ1) is 16.0. The van der Waals surface area contributed by atoms with Crippen LogP contribution in [0, 0.1) is 0 Å². The zero-order valence-corrected chi connectivity index (χ0v) is 20.2. The second kappa shape index (κ2) is 9.31. The molecule has 3 aromatic rings. The molecule has 7 heteroatoms. The van der Waals surface area contributed by atoms with E-state index in [2.05, 4.69) is 52.8 Å². The summed E-state index contributed by atoms with van der Waals surface area (Å²) < 4.78 is 2.36. The molecule has 1 aliphatic carbocycles. The van der Waals surface area contributed by atoms with E-state index in [1.54, 1.807) is 11.8 Å². The second-order valence-corrected chi connectivity index (χ2v) is 10.4. The van der Waals surface area contributed by atoms with Crippen LogP contribution >= 0.6 is 11.8 Å². The molecular weight excluding hydrogens is 430 g/mol. The van der Waals surface area contributed by atoms with Crippen molar-refractivity contribution in [3.8, 4) is 11.1 Å². The number of thioether (sulfide) groups is 1. The summed E-state index contributed by atoms with van der Waals surface area (Å²) in [5.41, 5.74) is 12.6. The molecule has 2 aliphatic rings. The molecule has 0 unspecified atom stereocenters. The van der Waals surface area contributed by atoms with Crippen LogP contribution in [0.1, 0.15) is 54.1 Å². The van der Waals surface area contributed by atoms with Crippen LogP contribution in [0.3, 0.4) is 0 Å². The summed E-state index contributed by atoms with van der Waals surface area (Å²) in [6, 6.07) is 9.18. The lowest BCUT2D eigenvalue weighted by molar-refractivity contribution is 0.0997. The Kier molecular flexibility index (Phi) is 6.25. The summed E-state index contributed by atoms with van der Waals surface area (Å²) in [6.45, 7) is 0.927. The van der Waals surface area contributed by atoms with E-state index in [1.165, 1.54) is 37.6 Å². The lowest BCUT2D eigenvalue weighted by Gasteiger charge is -2.23. The fourth-order valence-electron chi connectivity index (χ4n) is 5.07. The van der Waals surface area contributed by atoms with Crippen LogP contribution in [0.25, 0.3) is 22.2 Å². The Labute approximate surface area is 199 Å². The van der Waals surface area contributed by atoms with E-state index in [0.29, 0.717) is 18.0 Å². The molecule has 0 spiro atoms. The number of fused-ring (bicyclic) bond motifs is 2. The number of primary amides is 1. The number of aliphatic imine (C=N–C) groups is 1. The normalized spacial score (nSPS) is 16.1. The molecule has 5 rings (SSSR count). The molecule has 1 aromatic heterocycles. The highest BCUT2D eigenvalue weighted by Gasteiger charge is 2.25. The Morgan fingerprint density at radius 2 is 2.03 bits per heavy atom. The highest BCUT2D eigenvalue weighted by molar-refractivity contribution is 7.99. The monoisotopic (exact) mass is 461 g/mol. The molecule has 1 fully saturated rings. The lowest BCUT2D eigenvalue weighted by Crippen LogP contribution is -2.17. The summed E-state index contributed by atoms with van der Waals surface area (Å²) >= 11 is 1.69. The van der Waals surface area contributed by atoms with E-state index < -0.39 is 0 Å². The van der Waals surface area contributed by atoms with E-state index in [4.69, 9.17) is 10.7 Å². The van der Waals surface area contributed by atoms with Gasteiger partial charge in [-0.05, 0) is 56.3 Å². The van der Waals surface area contributed by atoms with Gasteiger partial charge in [0.25, 0.3) is 0 Å². The SMILES string of the molecule is CN(C)CCSc1cc(-c2ccc3c(c2)ncn3C2CCCCC2)c2c(c1C(N)=O)CC=N2. The Hall–Kier alpha value is -2.64. The van der Waals surface area contributed by atoms with Gasteiger partial charge in [-0.15, -0.1) is 11.8 Å². The van der Waals surface area contributed by atoms with Crippen molar-refractivity contribution in [1.82, 2.24) is 14.5 Å². The van der Waals surface area contributed by atoms with E-state index in [1.807, 2.05) is 12.5 Å². The molecular formula is C26H31N5OS. The molecule has 33 heavy (non-hydrogen) atoms. The third kappa shape index (κ3) is 4.32. The highest BCUT2D eigenvalue weighted by Crippen LogP contribution is 2.43. The van der Waals surface area contributed by atoms with Crippen LogP contribution in [0.4, 0.5) is 5.69 Å². The molecule has 0 atom stereocenters. The van der Waals surface area contributed by atoms with Gasteiger partial charge in [-0.1, -0.05) is 25.3 Å². The molecule has 2 N–H and O–H groups in total. The van der Waals surface area contributed by atoms with Crippen molar-refractivity contribution in [2.45, 2.75) is 49.5 Å². The van der Waals surface area contributed by atoms with E-state index in [9.17, 15) is 4.79 Å². The van der Waals surface area contributed by atoms with Crippen LogP contribution in [0.15, 0.2) is 40.5 Å².